The Hall–Kier alpha value is -1.83. The summed E-state index contributed by atoms with van der Waals surface area (Å²) in [6, 6.07) is 12.3. The van der Waals surface area contributed by atoms with E-state index in [2.05, 4.69) is 33.5 Å². The van der Waals surface area contributed by atoms with Crippen LogP contribution in [0.15, 0.2) is 47.6 Å². The lowest BCUT2D eigenvalue weighted by atomic mass is 10.1. The molecule has 3 N–H and O–H groups in total. The summed E-state index contributed by atoms with van der Waals surface area (Å²) in [6.45, 7) is 2.22. The molecule has 1 aromatic heterocycles. The maximum atomic E-state index is 5.89. The van der Waals surface area contributed by atoms with Crippen molar-refractivity contribution in [2.75, 3.05) is 19.7 Å². The first kappa shape index (κ1) is 18.5. The van der Waals surface area contributed by atoms with E-state index in [4.69, 9.17) is 10.5 Å². The van der Waals surface area contributed by atoms with Crippen molar-refractivity contribution < 1.29 is 4.74 Å². The SMILES string of the molecule is I.NC(=NCCc1ccccn1)NCCc1ccc2c(c1)CCO2. The molecule has 5 nitrogen and oxygen atoms in total. The first-order valence-corrected chi connectivity index (χ1v) is 7.99. The molecule has 128 valence electrons. The normalized spacial score (nSPS) is 12.9. The van der Waals surface area contributed by atoms with Crippen LogP contribution in [0.1, 0.15) is 16.8 Å². The van der Waals surface area contributed by atoms with Gasteiger partial charge in [0.15, 0.2) is 5.96 Å². The van der Waals surface area contributed by atoms with Gasteiger partial charge in [-0.2, -0.15) is 0 Å². The Morgan fingerprint density at radius 3 is 3.00 bits per heavy atom. The van der Waals surface area contributed by atoms with E-state index < -0.39 is 0 Å². The molecule has 0 fully saturated rings. The zero-order chi connectivity index (χ0) is 15.9. The molecule has 0 atom stereocenters. The predicted molar refractivity (Wildman–Crippen MR) is 107 cm³/mol. The van der Waals surface area contributed by atoms with E-state index in [-0.39, 0.29) is 24.0 Å². The summed E-state index contributed by atoms with van der Waals surface area (Å²) in [5.74, 6) is 1.52. The van der Waals surface area contributed by atoms with E-state index in [1.165, 1.54) is 11.1 Å². The molecular weight excluding hydrogens is 415 g/mol. The molecule has 1 aliphatic rings. The second-order valence-electron chi connectivity index (χ2n) is 5.56. The molecule has 24 heavy (non-hydrogen) atoms. The van der Waals surface area contributed by atoms with Gasteiger partial charge in [0.1, 0.15) is 5.75 Å². The number of pyridine rings is 1. The summed E-state index contributed by atoms with van der Waals surface area (Å²) in [5, 5.41) is 3.16. The van der Waals surface area contributed by atoms with Gasteiger partial charge >= 0.3 is 0 Å². The fraction of sp³-hybridized carbons (Fsp3) is 0.333. The van der Waals surface area contributed by atoms with E-state index in [0.29, 0.717) is 12.5 Å². The van der Waals surface area contributed by atoms with Crippen LogP contribution in [0.3, 0.4) is 0 Å². The molecule has 3 rings (SSSR count). The molecule has 0 aliphatic carbocycles. The number of rotatable bonds is 6. The molecule has 0 saturated heterocycles. The molecule has 0 unspecified atom stereocenters. The maximum Gasteiger partial charge on any atom is 0.188 e. The van der Waals surface area contributed by atoms with Gasteiger partial charge in [-0.25, -0.2) is 0 Å². The Morgan fingerprint density at radius 1 is 1.25 bits per heavy atom. The second kappa shape index (κ2) is 9.46. The summed E-state index contributed by atoms with van der Waals surface area (Å²) < 4.78 is 5.52. The summed E-state index contributed by atoms with van der Waals surface area (Å²) >= 11 is 0. The van der Waals surface area contributed by atoms with Gasteiger partial charge < -0.3 is 15.8 Å². The van der Waals surface area contributed by atoms with Crippen molar-refractivity contribution >= 4 is 29.9 Å². The van der Waals surface area contributed by atoms with Crippen LogP contribution in [0.2, 0.25) is 0 Å². The van der Waals surface area contributed by atoms with E-state index in [0.717, 1.165) is 43.9 Å². The zero-order valence-corrected chi connectivity index (χ0v) is 15.9. The van der Waals surface area contributed by atoms with Crippen molar-refractivity contribution in [2.45, 2.75) is 19.3 Å². The summed E-state index contributed by atoms with van der Waals surface area (Å²) in [6.07, 6.45) is 4.52. The molecule has 0 amide bonds. The first-order chi connectivity index (χ1) is 11.3. The number of hydrogen-bond acceptors (Lipinski definition) is 3. The molecule has 6 heteroatoms. The summed E-state index contributed by atoms with van der Waals surface area (Å²) in [5.41, 5.74) is 9.52. The molecule has 1 aliphatic heterocycles. The van der Waals surface area contributed by atoms with Crippen LogP contribution in [0.5, 0.6) is 5.75 Å². The zero-order valence-electron chi connectivity index (χ0n) is 13.6. The monoisotopic (exact) mass is 438 g/mol. The number of hydrogen-bond donors (Lipinski definition) is 2. The highest BCUT2D eigenvalue weighted by atomic mass is 127. The largest absolute Gasteiger partial charge is 0.493 e. The number of nitrogens with two attached hydrogens (primary N) is 1. The minimum Gasteiger partial charge on any atom is -0.493 e. The lowest BCUT2D eigenvalue weighted by Gasteiger charge is -2.07. The standard InChI is InChI=1S/C18H22N4O.HI/c19-18(22-11-7-16-3-1-2-9-20-16)21-10-6-14-4-5-17-15(13-14)8-12-23-17;/h1-5,9,13H,6-8,10-12H2,(H3,19,21,22);1H. The summed E-state index contributed by atoms with van der Waals surface area (Å²) in [7, 11) is 0. The number of ether oxygens (including phenoxy) is 1. The third-order valence-electron chi connectivity index (χ3n) is 3.85. The Bertz CT molecular complexity index is 676. The van der Waals surface area contributed by atoms with Gasteiger partial charge in [0.05, 0.1) is 6.61 Å². The summed E-state index contributed by atoms with van der Waals surface area (Å²) in [4.78, 5) is 8.60. The number of benzene rings is 1. The number of fused-ring (bicyclic) bond motifs is 1. The van der Waals surface area contributed by atoms with Crippen LogP contribution < -0.4 is 15.8 Å². The number of nitrogens with one attached hydrogen (secondary N) is 1. The van der Waals surface area contributed by atoms with Gasteiger partial charge in [-0.3, -0.25) is 9.98 Å². The van der Waals surface area contributed by atoms with Crippen LogP contribution >= 0.6 is 24.0 Å². The molecule has 1 aromatic carbocycles. The van der Waals surface area contributed by atoms with Crippen LogP contribution in [-0.4, -0.2) is 30.6 Å². The van der Waals surface area contributed by atoms with E-state index >= 15 is 0 Å². The minimum atomic E-state index is 0. The topological polar surface area (TPSA) is 72.5 Å². The Morgan fingerprint density at radius 2 is 2.17 bits per heavy atom. The van der Waals surface area contributed by atoms with Gasteiger partial charge in [0, 0.05) is 37.8 Å². The fourth-order valence-electron chi connectivity index (χ4n) is 2.62. The van der Waals surface area contributed by atoms with Gasteiger partial charge in [-0.1, -0.05) is 18.2 Å². The number of aliphatic imine (C=N–C) groups is 1. The van der Waals surface area contributed by atoms with Crippen molar-refractivity contribution in [3.8, 4) is 5.75 Å². The second-order valence-corrected chi connectivity index (χ2v) is 5.56. The van der Waals surface area contributed by atoms with E-state index in [9.17, 15) is 0 Å². The molecule has 0 bridgehead atoms. The lowest BCUT2D eigenvalue weighted by molar-refractivity contribution is 0.357. The van der Waals surface area contributed by atoms with Crippen molar-refractivity contribution in [3.63, 3.8) is 0 Å². The Balaban J connectivity index is 0.00000208. The molecule has 0 saturated carbocycles. The average molecular weight is 438 g/mol. The average Bonchev–Trinajstić information content (AvgIpc) is 3.03. The quantitative estimate of drug-likeness (QED) is 0.413. The van der Waals surface area contributed by atoms with Crippen LogP contribution in [0, 0.1) is 0 Å². The predicted octanol–water partition coefficient (Wildman–Crippen LogP) is 2.32. The molecule has 2 heterocycles. The third-order valence-corrected chi connectivity index (χ3v) is 3.85. The number of halogens is 1. The van der Waals surface area contributed by atoms with Gasteiger partial charge in [0.2, 0.25) is 0 Å². The smallest absolute Gasteiger partial charge is 0.188 e. The van der Waals surface area contributed by atoms with E-state index in [1.54, 1.807) is 6.20 Å². The Kier molecular flexibility index (Phi) is 7.30. The van der Waals surface area contributed by atoms with E-state index in [1.807, 2.05) is 18.2 Å². The highest BCUT2D eigenvalue weighted by Crippen LogP contribution is 2.25. The highest BCUT2D eigenvalue weighted by Gasteiger charge is 2.11. The van der Waals surface area contributed by atoms with Crippen LogP contribution in [0.25, 0.3) is 0 Å². The molecule has 0 radical (unpaired) electrons. The lowest BCUT2D eigenvalue weighted by Crippen LogP contribution is -2.33. The minimum absolute atomic E-state index is 0. The van der Waals surface area contributed by atoms with Gasteiger partial charge in [-0.05, 0) is 35.7 Å². The van der Waals surface area contributed by atoms with Crippen molar-refractivity contribution in [2.24, 2.45) is 10.7 Å². The molecular formula is C18H23IN4O. The van der Waals surface area contributed by atoms with Crippen LogP contribution in [0.4, 0.5) is 0 Å². The number of nitrogens with zero attached hydrogens (tertiary/aromatic N) is 2. The maximum absolute atomic E-state index is 5.89. The third kappa shape index (κ3) is 5.36. The van der Waals surface area contributed by atoms with Crippen molar-refractivity contribution in [1.29, 1.82) is 0 Å². The number of aromatic nitrogens is 1. The molecule has 2 aromatic rings. The number of guanidine groups is 1. The van der Waals surface area contributed by atoms with Gasteiger partial charge in [-0.15, -0.1) is 24.0 Å². The van der Waals surface area contributed by atoms with Gasteiger partial charge in [0.25, 0.3) is 0 Å². The van der Waals surface area contributed by atoms with Crippen LogP contribution in [-0.2, 0) is 19.3 Å². The Labute approximate surface area is 159 Å². The fourth-order valence-corrected chi connectivity index (χ4v) is 2.62. The first-order valence-electron chi connectivity index (χ1n) is 7.99. The van der Waals surface area contributed by atoms with Crippen molar-refractivity contribution in [3.05, 3.63) is 59.4 Å². The highest BCUT2D eigenvalue weighted by molar-refractivity contribution is 14.0. The van der Waals surface area contributed by atoms with Crippen molar-refractivity contribution in [1.82, 2.24) is 10.3 Å². The molecule has 0 spiro atoms.